The maximum absolute atomic E-state index is 11.7. The van der Waals surface area contributed by atoms with Crippen LogP contribution in [0.1, 0.15) is 0 Å². The van der Waals surface area contributed by atoms with Crippen LogP contribution in [0.2, 0.25) is 0 Å². The molecule has 0 spiro atoms. The van der Waals surface area contributed by atoms with Crippen molar-refractivity contribution in [3.63, 3.8) is 0 Å². The highest BCUT2D eigenvalue weighted by Gasteiger charge is 2.24. The highest BCUT2D eigenvalue weighted by atomic mass is 127. The average Bonchev–Trinajstić information content (AvgIpc) is 2.43. The first-order valence-electron chi connectivity index (χ1n) is 5.99. The van der Waals surface area contributed by atoms with Gasteiger partial charge in [-0.15, -0.1) is 0 Å². The van der Waals surface area contributed by atoms with Crippen molar-refractivity contribution in [3.05, 3.63) is 44.5 Å². The monoisotopic (exact) mass is 368 g/mol. The molecule has 0 bridgehead atoms. The van der Waals surface area contributed by atoms with E-state index < -0.39 is 0 Å². The number of hydrogen-bond acceptors (Lipinski definition) is 4. The van der Waals surface area contributed by atoms with Crippen molar-refractivity contribution < 1.29 is 0 Å². The molecule has 98 valence electrons. The van der Waals surface area contributed by atoms with Crippen LogP contribution in [0.4, 0.5) is 17.2 Å². The molecule has 3 rings (SSSR count). The predicted molar refractivity (Wildman–Crippen MR) is 84.3 cm³/mol. The Morgan fingerprint density at radius 1 is 1.26 bits per heavy atom. The summed E-state index contributed by atoms with van der Waals surface area (Å²) in [5, 5.41) is 0. The van der Waals surface area contributed by atoms with E-state index in [9.17, 15) is 4.79 Å². The Kier molecular flexibility index (Phi) is 3.17. The zero-order chi connectivity index (χ0) is 13.4. The number of aromatic nitrogens is 2. The van der Waals surface area contributed by atoms with Gasteiger partial charge in [0.15, 0.2) is 5.82 Å². The molecule has 1 aliphatic rings. The quantitative estimate of drug-likeness (QED) is 0.783. The van der Waals surface area contributed by atoms with Crippen molar-refractivity contribution in [2.24, 2.45) is 0 Å². The summed E-state index contributed by atoms with van der Waals surface area (Å²) in [4.78, 5) is 23.0. The zero-order valence-corrected chi connectivity index (χ0v) is 12.6. The van der Waals surface area contributed by atoms with Crippen molar-refractivity contribution in [3.8, 4) is 0 Å². The fraction of sp³-hybridized carbons (Fsp3) is 0.231. The molecule has 0 unspecified atom stereocenters. The van der Waals surface area contributed by atoms with E-state index in [1.54, 1.807) is 0 Å². The molecule has 0 aliphatic carbocycles. The van der Waals surface area contributed by atoms with E-state index in [1.165, 1.54) is 6.33 Å². The van der Waals surface area contributed by atoms with Gasteiger partial charge < -0.3 is 14.8 Å². The van der Waals surface area contributed by atoms with Gasteiger partial charge in [0.1, 0.15) is 3.57 Å². The van der Waals surface area contributed by atoms with Crippen LogP contribution in [0.3, 0.4) is 0 Å². The number of nitrogens with zero attached hydrogens (tertiary/aromatic N) is 3. The Hall–Kier alpha value is -1.57. The largest absolute Gasteiger partial charge is 0.371 e. The van der Waals surface area contributed by atoms with Gasteiger partial charge in [-0.2, -0.15) is 0 Å². The lowest BCUT2D eigenvalue weighted by Gasteiger charge is -2.36. The van der Waals surface area contributed by atoms with Gasteiger partial charge >= 0.3 is 0 Å². The number of fused-ring (bicyclic) bond motifs is 1. The lowest BCUT2D eigenvalue weighted by atomic mass is 10.2. The van der Waals surface area contributed by atoms with Crippen LogP contribution in [0.15, 0.2) is 35.4 Å². The van der Waals surface area contributed by atoms with Gasteiger partial charge in [-0.25, -0.2) is 4.98 Å². The van der Waals surface area contributed by atoms with Gasteiger partial charge in [0.2, 0.25) is 0 Å². The molecule has 1 aliphatic heterocycles. The highest BCUT2D eigenvalue weighted by molar-refractivity contribution is 14.1. The molecule has 0 atom stereocenters. The molecular weight excluding hydrogens is 355 g/mol. The third-order valence-electron chi connectivity index (χ3n) is 3.28. The summed E-state index contributed by atoms with van der Waals surface area (Å²) >= 11 is 2.05. The number of aromatic amines is 1. The molecule has 2 aromatic rings. The molecule has 0 saturated heterocycles. The fourth-order valence-corrected chi connectivity index (χ4v) is 2.87. The predicted octanol–water partition coefficient (Wildman–Crippen LogP) is 1.96. The molecule has 0 radical (unpaired) electrons. The van der Waals surface area contributed by atoms with E-state index in [0.717, 1.165) is 30.3 Å². The van der Waals surface area contributed by atoms with Crippen LogP contribution in [0, 0.1) is 3.57 Å². The van der Waals surface area contributed by atoms with Crippen LogP contribution in [0.5, 0.6) is 0 Å². The fourth-order valence-electron chi connectivity index (χ4n) is 2.29. The average molecular weight is 368 g/mol. The van der Waals surface area contributed by atoms with Gasteiger partial charge in [0.05, 0.1) is 17.7 Å². The van der Waals surface area contributed by atoms with Crippen molar-refractivity contribution in [2.45, 2.75) is 0 Å². The summed E-state index contributed by atoms with van der Waals surface area (Å²) in [5.41, 5.74) is 2.15. The van der Waals surface area contributed by atoms with Crippen molar-refractivity contribution in [1.29, 1.82) is 0 Å². The summed E-state index contributed by atoms with van der Waals surface area (Å²) in [6.45, 7) is 1.72. The third-order valence-corrected chi connectivity index (χ3v) is 4.25. The van der Waals surface area contributed by atoms with E-state index in [2.05, 4.69) is 38.9 Å². The number of rotatable bonds is 1. The van der Waals surface area contributed by atoms with Gasteiger partial charge in [0.25, 0.3) is 5.56 Å². The summed E-state index contributed by atoms with van der Waals surface area (Å²) in [7, 11) is 2.08. The van der Waals surface area contributed by atoms with Gasteiger partial charge in [-0.05, 0) is 34.7 Å². The summed E-state index contributed by atoms with van der Waals surface area (Å²) in [5.74, 6) is 0.727. The minimum Gasteiger partial charge on any atom is -0.371 e. The number of para-hydroxylation sites is 2. The number of anilines is 3. The molecule has 6 heteroatoms. The van der Waals surface area contributed by atoms with Crippen LogP contribution in [-0.2, 0) is 0 Å². The smallest absolute Gasteiger partial charge is 0.266 e. The molecule has 5 nitrogen and oxygen atoms in total. The van der Waals surface area contributed by atoms with Crippen LogP contribution < -0.4 is 15.4 Å². The minimum absolute atomic E-state index is 0.0954. The topological polar surface area (TPSA) is 52.2 Å². The number of H-pyrrole nitrogens is 1. The van der Waals surface area contributed by atoms with Gasteiger partial charge in [-0.1, -0.05) is 12.1 Å². The number of halogens is 1. The SMILES string of the molecule is CN1CCN(c2nc[nH]c(=O)c2I)c2ccccc21. The second-order valence-corrected chi connectivity index (χ2v) is 5.51. The Bertz CT molecular complexity index is 670. The lowest BCUT2D eigenvalue weighted by Crippen LogP contribution is -2.37. The first-order valence-corrected chi connectivity index (χ1v) is 7.07. The second kappa shape index (κ2) is 4.84. The molecule has 0 saturated carbocycles. The maximum Gasteiger partial charge on any atom is 0.266 e. The normalized spacial score (nSPS) is 14.4. The summed E-state index contributed by atoms with van der Waals surface area (Å²) in [6.07, 6.45) is 1.46. The van der Waals surface area contributed by atoms with Crippen LogP contribution >= 0.6 is 22.6 Å². The number of nitrogens with one attached hydrogen (secondary N) is 1. The number of benzene rings is 1. The third kappa shape index (κ3) is 2.09. The van der Waals surface area contributed by atoms with E-state index in [4.69, 9.17) is 0 Å². The van der Waals surface area contributed by atoms with Gasteiger partial charge in [-0.3, -0.25) is 4.79 Å². The van der Waals surface area contributed by atoms with Gasteiger partial charge in [0, 0.05) is 20.1 Å². The Morgan fingerprint density at radius 2 is 2.00 bits per heavy atom. The lowest BCUT2D eigenvalue weighted by molar-refractivity contribution is 0.808. The van der Waals surface area contributed by atoms with Crippen LogP contribution in [-0.4, -0.2) is 30.1 Å². The molecule has 19 heavy (non-hydrogen) atoms. The van der Waals surface area contributed by atoms with Crippen molar-refractivity contribution in [2.75, 3.05) is 29.9 Å². The molecule has 1 N–H and O–H groups in total. The maximum atomic E-state index is 11.7. The Balaban J connectivity index is 2.15. The molecule has 0 fully saturated rings. The highest BCUT2D eigenvalue weighted by Crippen LogP contribution is 2.36. The van der Waals surface area contributed by atoms with E-state index in [-0.39, 0.29) is 5.56 Å². The molecule has 2 heterocycles. The van der Waals surface area contributed by atoms with E-state index in [0.29, 0.717) is 3.57 Å². The zero-order valence-electron chi connectivity index (χ0n) is 10.4. The standard InChI is InChI=1S/C13H13IN4O/c1-17-6-7-18(10-5-3-2-4-9(10)17)12-11(14)13(19)16-8-15-12/h2-5,8H,6-7H2,1H3,(H,15,16,19). The number of likely N-dealkylation sites (N-methyl/N-ethyl adjacent to an activating group) is 1. The first kappa shape index (κ1) is 12.5. The molecule has 0 amide bonds. The van der Waals surface area contributed by atoms with Crippen molar-refractivity contribution in [1.82, 2.24) is 9.97 Å². The molecule has 1 aromatic heterocycles. The molecule has 1 aromatic carbocycles. The Morgan fingerprint density at radius 3 is 2.79 bits per heavy atom. The van der Waals surface area contributed by atoms with Crippen LogP contribution in [0.25, 0.3) is 0 Å². The Labute approximate surface area is 124 Å². The van der Waals surface area contributed by atoms with E-state index in [1.807, 2.05) is 34.7 Å². The first-order chi connectivity index (χ1) is 9.18. The summed E-state index contributed by atoms with van der Waals surface area (Å²) in [6, 6.07) is 8.17. The minimum atomic E-state index is -0.0954. The van der Waals surface area contributed by atoms with Crippen molar-refractivity contribution >= 4 is 39.8 Å². The number of hydrogen-bond donors (Lipinski definition) is 1. The second-order valence-electron chi connectivity index (χ2n) is 4.43. The summed E-state index contributed by atoms with van der Waals surface area (Å²) < 4.78 is 0.624. The molecular formula is C13H13IN4O. The van der Waals surface area contributed by atoms with E-state index >= 15 is 0 Å².